The highest BCUT2D eigenvalue weighted by atomic mass is 16.3. The quantitative estimate of drug-likeness (QED) is 0.857. The maximum absolute atomic E-state index is 9.36. The Hall–Kier alpha value is -0.860. The summed E-state index contributed by atoms with van der Waals surface area (Å²) >= 11 is 0. The predicted molar refractivity (Wildman–Crippen MR) is 76.0 cm³/mol. The summed E-state index contributed by atoms with van der Waals surface area (Å²) in [5.74, 6) is 1.25. The Labute approximate surface area is 110 Å². The molecule has 1 aromatic carbocycles. The van der Waals surface area contributed by atoms with Crippen molar-refractivity contribution in [3.63, 3.8) is 0 Å². The number of aliphatic hydroxyl groups is 1. The number of benzene rings is 1. The van der Waals surface area contributed by atoms with Gasteiger partial charge in [-0.2, -0.15) is 0 Å². The lowest BCUT2D eigenvalue weighted by molar-refractivity contribution is 0.233. The number of hydrogen-bond acceptors (Lipinski definition) is 2. The van der Waals surface area contributed by atoms with Crippen LogP contribution in [0.3, 0.4) is 0 Å². The molecule has 0 bridgehead atoms. The maximum Gasteiger partial charge on any atom is 0.0436 e. The highest BCUT2D eigenvalue weighted by molar-refractivity contribution is 5.33. The van der Waals surface area contributed by atoms with E-state index in [9.17, 15) is 5.11 Å². The van der Waals surface area contributed by atoms with Crippen molar-refractivity contribution in [2.45, 2.75) is 39.0 Å². The number of nitrogens with one attached hydrogen (secondary N) is 1. The van der Waals surface area contributed by atoms with E-state index in [0.717, 1.165) is 25.4 Å². The van der Waals surface area contributed by atoms with Crippen molar-refractivity contribution < 1.29 is 5.11 Å². The van der Waals surface area contributed by atoms with Crippen molar-refractivity contribution in [2.24, 2.45) is 5.92 Å². The third-order valence-electron chi connectivity index (χ3n) is 4.22. The van der Waals surface area contributed by atoms with Crippen LogP contribution >= 0.6 is 0 Å². The second kappa shape index (κ2) is 6.35. The van der Waals surface area contributed by atoms with Gasteiger partial charge in [-0.3, -0.25) is 0 Å². The molecule has 2 nitrogen and oxygen atoms in total. The molecule has 100 valence electrons. The van der Waals surface area contributed by atoms with Gasteiger partial charge in [-0.05, 0) is 69.2 Å². The maximum atomic E-state index is 9.36. The third kappa shape index (κ3) is 3.12. The zero-order valence-electron chi connectivity index (χ0n) is 11.6. The monoisotopic (exact) mass is 247 g/mol. The Balaban J connectivity index is 2.22. The number of aryl methyl sites for hydroxylation is 2. The standard InChI is InChI=1S/C16H25NO/c1-12-3-4-15(13(2)11-12)16(7-10-18)14-5-8-17-9-6-14/h3-4,11,14,16-18H,5-10H2,1-2H3. The molecule has 0 saturated carbocycles. The van der Waals surface area contributed by atoms with Crippen molar-refractivity contribution in [1.82, 2.24) is 5.32 Å². The zero-order valence-corrected chi connectivity index (χ0v) is 11.6. The summed E-state index contributed by atoms with van der Waals surface area (Å²) < 4.78 is 0. The van der Waals surface area contributed by atoms with Crippen LogP contribution in [0.15, 0.2) is 18.2 Å². The van der Waals surface area contributed by atoms with Gasteiger partial charge in [-0.25, -0.2) is 0 Å². The van der Waals surface area contributed by atoms with Gasteiger partial charge >= 0.3 is 0 Å². The van der Waals surface area contributed by atoms with E-state index in [2.05, 4.69) is 37.4 Å². The Morgan fingerprint density at radius 1 is 1.28 bits per heavy atom. The lowest BCUT2D eigenvalue weighted by Gasteiger charge is -2.32. The van der Waals surface area contributed by atoms with Gasteiger partial charge in [0, 0.05) is 6.61 Å². The molecule has 1 heterocycles. The van der Waals surface area contributed by atoms with E-state index in [-0.39, 0.29) is 0 Å². The van der Waals surface area contributed by atoms with Crippen molar-refractivity contribution in [3.05, 3.63) is 34.9 Å². The summed E-state index contributed by atoms with van der Waals surface area (Å²) in [7, 11) is 0. The minimum Gasteiger partial charge on any atom is -0.396 e. The molecule has 1 saturated heterocycles. The van der Waals surface area contributed by atoms with E-state index in [1.165, 1.54) is 29.5 Å². The van der Waals surface area contributed by atoms with Crippen molar-refractivity contribution in [2.75, 3.05) is 19.7 Å². The number of piperidine rings is 1. The van der Waals surface area contributed by atoms with E-state index >= 15 is 0 Å². The molecule has 1 aliphatic rings. The highest BCUT2D eigenvalue weighted by Crippen LogP contribution is 2.35. The molecule has 2 rings (SSSR count). The second-order valence-corrected chi connectivity index (χ2v) is 5.57. The van der Waals surface area contributed by atoms with E-state index in [1.54, 1.807) is 0 Å². The molecule has 1 aliphatic heterocycles. The van der Waals surface area contributed by atoms with Gasteiger partial charge in [0.1, 0.15) is 0 Å². The average molecular weight is 247 g/mol. The Kier molecular flexibility index (Phi) is 4.79. The Bertz CT molecular complexity index is 383. The van der Waals surface area contributed by atoms with Gasteiger partial charge in [0.2, 0.25) is 0 Å². The van der Waals surface area contributed by atoms with Crippen LogP contribution in [0, 0.1) is 19.8 Å². The molecule has 0 spiro atoms. The zero-order chi connectivity index (χ0) is 13.0. The number of aliphatic hydroxyl groups excluding tert-OH is 1. The fourth-order valence-electron chi connectivity index (χ4n) is 3.27. The first-order valence-corrected chi connectivity index (χ1v) is 7.11. The summed E-state index contributed by atoms with van der Waals surface area (Å²) in [5, 5.41) is 12.8. The summed E-state index contributed by atoms with van der Waals surface area (Å²) in [5.41, 5.74) is 4.15. The molecule has 2 heteroatoms. The van der Waals surface area contributed by atoms with Crippen molar-refractivity contribution in [1.29, 1.82) is 0 Å². The second-order valence-electron chi connectivity index (χ2n) is 5.57. The molecule has 0 aliphatic carbocycles. The molecule has 2 N–H and O–H groups in total. The molecule has 0 amide bonds. The first kappa shape index (κ1) is 13.6. The lowest BCUT2D eigenvalue weighted by Crippen LogP contribution is -2.31. The third-order valence-corrected chi connectivity index (χ3v) is 4.22. The Morgan fingerprint density at radius 2 is 2.00 bits per heavy atom. The SMILES string of the molecule is Cc1ccc(C(CCO)C2CCNCC2)c(C)c1. The molecule has 0 aromatic heterocycles. The fourth-order valence-corrected chi connectivity index (χ4v) is 3.27. The largest absolute Gasteiger partial charge is 0.396 e. The topological polar surface area (TPSA) is 32.3 Å². The summed E-state index contributed by atoms with van der Waals surface area (Å²) in [4.78, 5) is 0. The van der Waals surface area contributed by atoms with Crippen LogP contribution in [-0.2, 0) is 0 Å². The average Bonchev–Trinajstić information content (AvgIpc) is 2.38. The molecule has 1 fully saturated rings. The Morgan fingerprint density at radius 3 is 2.61 bits per heavy atom. The van der Waals surface area contributed by atoms with E-state index in [4.69, 9.17) is 0 Å². The summed E-state index contributed by atoms with van der Waals surface area (Å²) in [6, 6.07) is 6.74. The molecule has 1 unspecified atom stereocenters. The molecule has 0 radical (unpaired) electrons. The van der Waals surface area contributed by atoms with Crippen molar-refractivity contribution in [3.8, 4) is 0 Å². The van der Waals surface area contributed by atoms with Crippen LogP contribution < -0.4 is 5.32 Å². The minimum atomic E-state index is 0.294. The molecular formula is C16H25NO. The molecule has 1 atom stereocenters. The van der Waals surface area contributed by atoms with Crippen LogP contribution in [0.25, 0.3) is 0 Å². The minimum absolute atomic E-state index is 0.294. The van der Waals surface area contributed by atoms with Gasteiger partial charge < -0.3 is 10.4 Å². The lowest BCUT2D eigenvalue weighted by atomic mass is 9.77. The van der Waals surface area contributed by atoms with Crippen LogP contribution in [-0.4, -0.2) is 24.8 Å². The van der Waals surface area contributed by atoms with E-state index in [0.29, 0.717) is 12.5 Å². The number of rotatable bonds is 4. The van der Waals surface area contributed by atoms with Gasteiger partial charge in [0.25, 0.3) is 0 Å². The molecule has 1 aromatic rings. The first-order chi connectivity index (χ1) is 8.72. The van der Waals surface area contributed by atoms with E-state index < -0.39 is 0 Å². The van der Waals surface area contributed by atoms with Gasteiger partial charge in [-0.15, -0.1) is 0 Å². The summed E-state index contributed by atoms with van der Waals surface area (Å²) in [6.07, 6.45) is 3.37. The summed E-state index contributed by atoms with van der Waals surface area (Å²) in [6.45, 7) is 6.88. The van der Waals surface area contributed by atoms with Crippen LogP contribution in [0.5, 0.6) is 0 Å². The fraction of sp³-hybridized carbons (Fsp3) is 0.625. The normalized spacial score (nSPS) is 18.8. The smallest absolute Gasteiger partial charge is 0.0436 e. The van der Waals surface area contributed by atoms with Gasteiger partial charge in [0.05, 0.1) is 0 Å². The van der Waals surface area contributed by atoms with Crippen LogP contribution in [0.4, 0.5) is 0 Å². The van der Waals surface area contributed by atoms with Crippen LogP contribution in [0.1, 0.15) is 41.9 Å². The van der Waals surface area contributed by atoms with Gasteiger partial charge in [0.15, 0.2) is 0 Å². The van der Waals surface area contributed by atoms with E-state index in [1.807, 2.05) is 0 Å². The predicted octanol–water partition coefficient (Wildman–Crippen LogP) is 2.77. The van der Waals surface area contributed by atoms with Crippen molar-refractivity contribution >= 4 is 0 Å². The van der Waals surface area contributed by atoms with Gasteiger partial charge in [-0.1, -0.05) is 23.8 Å². The first-order valence-electron chi connectivity index (χ1n) is 7.11. The molecule has 18 heavy (non-hydrogen) atoms. The highest BCUT2D eigenvalue weighted by Gasteiger charge is 2.25. The molecular weight excluding hydrogens is 222 g/mol. The van der Waals surface area contributed by atoms with Crippen LogP contribution in [0.2, 0.25) is 0 Å². The number of hydrogen-bond donors (Lipinski definition) is 2.